The van der Waals surface area contributed by atoms with Gasteiger partial charge in [-0.15, -0.1) is 0 Å². The number of alkyl halides is 1. The molecule has 0 aliphatic heterocycles. The fourth-order valence-corrected chi connectivity index (χ4v) is 2.81. The number of carbonyl (C=O) groups excluding carboxylic acids is 1. The van der Waals surface area contributed by atoms with Crippen molar-refractivity contribution in [3.05, 3.63) is 29.8 Å². The van der Waals surface area contributed by atoms with Crippen LogP contribution in [0, 0.1) is 5.41 Å². The molecule has 0 saturated heterocycles. The average Bonchev–Trinajstić information content (AvgIpc) is 2.49. The standard InChI is InChI=1S/C16H23BrO2/c1-4-15(18)13-7-9-14(10-8-13)19-12-16(5-2,6-3)11-17/h7-10H,4-6,11-12H2,1-3H3. The first-order valence-corrected chi connectivity index (χ1v) is 8.05. The van der Waals surface area contributed by atoms with Gasteiger partial charge in [0.15, 0.2) is 5.78 Å². The first kappa shape index (κ1) is 16.2. The molecule has 1 aromatic carbocycles. The van der Waals surface area contributed by atoms with E-state index in [9.17, 15) is 4.79 Å². The highest BCUT2D eigenvalue weighted by molar-refractivity contribution is 9.09. The molecule has 0 amide bonds. The molecule has 2 nitrogen and oxygen atoms in total. The molecule has 1 rings (SSSR count). The molecule has 0 aliphatic carbocycles. The van der Waals surface area contributed by atoms with Crippen LogP contribution in [0.25, 0.3) is 0 Å². The van der Waals surface area contributed by atoms with Crippen LogP contribution in [0.15, 0.2) is 24.3 Å². The van der Waals surface area contributed by atoms with Gasteiger partial charge in [-0.25, -0.2) is 0 Å². The lowest BCUT2D eigenvalue weighted by Gasteiger charge is -2.29. The van der Waals surface area contributed by atoms with E-state index in [-0.39, 0.29) is 11.2 Å². The van der Waals surface area contributed by atoms with E-state index in [0.717, 1.165) is 29.5 Å². The van der Waals surface area contributed by atoms with Crippen molar-refractivity contribution >= 4 is 21.7 Å². The van der Waals surface area contributed by atoms with Gasteiger partial charge in [-0.1, -0.05) is 36.7 Å². The first-order chi connectivity index (χ1) is 9.10. The van der Waals surface area contributed by atoms with Crippen LogP contribution >= 0.6 is 15.9 Å². The normalized spacial score (nSPS) is 11.4. The van der Waals surface area contributed by atoms with Gasteiger partial charge in [-0.05, 0) is 37.1 Å². The number of halogens is 1. The molecule has 0 N–H and O–H groups in total. The lowest BCUT2D eigenvalue weighted by Crippen LogP contribution is -2.29. The topological polar surface area (TPSA) is 26.3 Å². The zero-order chi connectivity index (χ0) is 14.3. The first-order valence-electron chi connectivity index (χ1n) is 6.92. The molecule has 0 spiro atoms. The molecule has 0 aromatic heterocycles. The van der Waals surface area contributed by atoms with Crippen molar-refractivity contribution in [1.29, 1.82) is 0 Å². The maximum absolute atomic E-state index is 11.5. The van der Waals surface area contributed by atoms with Crippen LogP contribution in [-0.2, 0) is 0 Å². The lowest BCUT2D eigenvalue weighted by molar-refractivity contribution is 0.0988. The maximum Gasteiger partial charge on any atom is 0.162 e. The molecular weight excluding hydrogens is 304 g/mol. The third kappa shape index (κ3) is 4.34. The van der Waals surface area contributed by atoms with Gasteiger partial charge in [-0.3, -0.25) is 4.79 Å². The van der Waals surface area contributed by atoms with E-state index in [4.69, 9.17) is 4.74 Å². The molecule has 0 fully saturated rings. The summed E-state index contributed by atoms with van der Waals surface area (Å²) in [5.74, 6) is 1.00. The van der Waals surface area contributed by atoms with Gasteiger partial charge in [0.2, 0.25) is 0 Å². The van der Waals surface area contributed by atoms with Crippen LogP contribution in [0.5, 0.6) is 5.75 Å². The predicted octanol–water partition coefficient (Wildman–Crippen LogP) is 4.86. The lowest BCUT2D eigenvalue weighted by atomic mass is 9.86. The maximum atomic E-state index is 11.5. The van der Waals surface area contributed by atoms with E-state index in [1.54, 1.807) is 0 Å². The van der Waals surface area contributed by atoms with E-state index in [0.29, 0.717) is 13.0 Å². The van der Waals surface area contributed by atoms with Crippen molar-refractivity contribution in [2.45, 2.75) is 40.0 Å². The second kappa shape index (κ2) is 7.68. The van der Waals surface area contributed by atoms with E-state index in [2.05, 4.69) is 29.8 Å². The number of carbonyl (C=O) groups is 1. The van der Waals surface area contributed by atoms with Crippen LogP contribution in [0.3, 0.4) is 0 Å². The molecule has 106 valence electrons. The Morgan fingerprint density at radius 1 is 1.16 bits per heavy atom. The Morgan fingerprint density at radius 2 is 1.74 bits per heavy atom. The van der Waals surface area contributed by atoms with E-state index in [1.807, 2.05) is 31.2 Å². The summed E-state index contributed by atoms with van der Waals surface area (Å²) in [6, 6.07) is 7.45. The number of benzene rings is 1. The van der Waals surface area contributed by atoms with E-state index in [1.165, 1.54) is 0 Å². The Bertz CT molecular complexity index is 385. The summed E-state index contributed by atoms with van der Waals surface area (Å²) < 4.78 is 5.87. The molecule has 1 aromatic rings. The summed E-state index contributed by atoms with van der Waals surface area (Å²) in [4.78, 5) is 11.5. The van der Waals surface area contributed by atoms with Gasteiger partial charge < -0.3 is 4.74 Å². The summed E-state index contributed by atoms with van der Waals surface area (Å²) >= 11 is 3.58. The van der Waals surface area contributed by atoms with Crippen molar-refractivity contribution in [3.8, 4) is 5.75 Å². The Morgan fingerprint density at radius 3 is 2.16 bits per heavy atom. The number of Topliss-reactive ketones (excluding diaryl/α,β-unsaturated/α-hetero) is 1. The molecule has 0 radical (unpaired) electrons. The largest absolute Gasteiger partial charge is 0.493 e. The van der Waals surface area contributed by atoms with Crippen LogP contribution in [0.1, 0.15) is 50.4 Å². The SMILES string of the molecule is CCC(=O)c1ccc(OCC(CC)(CC)CBr)cc1. The number of ether oxygens (including phenoxy) is 1. The Balaban J connectivity index is 2.66. The van der Waals surface area contributed by atoms with Crippen molar-refractivity contribution in [3.63, 3.8) is 0 Å². The minimum absolute atomic E-state index is 0.170. The summed E-state index contributed by atoms with van der Waals surface area (Å²) in [6.45, 7) is 6.96. The molecule has 3 heteroatoms. The third-order valence-corrected chi connectivity index (χ3v) is 5.02. The average molecular weight is 327 g/mol. The van der Waals surface area contributed by atoms with Crippen molar-refractivity contribution in [1.82, 2.24) is 0 Å². The third-order valence-electron chi connectivity index (χ3n) is 3.83. The quantitative estimate of drug-likeness (QED) is 0.503. The van der Waals surface area contributed by atoms with Gasteiger partial charge in [0.05, 0.1) is 6.61 Å². The highest BCUT2D eigenvalue weighted by Gasteiger charge is 2.25. The van der Waals surface area contributed by atoms with Crippen LogP contribution in [-0.4, -0.2) is 17.7 Å². The minimum atomic E-state index is 0.170. The molecule has 19 heavy (non-hydrogen) atoms. The Kier molecular flexibility index (Phi) is 6.56. The van der Waals surface area contributed by atoms with E-state index >= 15 is 0 Å². The van der Waals surface area contributed by atoms with Crippen molar-refractivity contribution < 1.29 is 9.53 Å². The van der Waals surface area contributed by atoms with Gasteiger partial charge in [-0.2, -0.15) is 0 Å². The molecule has 0 heterocycles. The summed E-state index contributed by atoms with van der Waals surface area (Å²) in [6.07, 6.45) is 2.71. The Labute approximate surface area is 124 Å². The predicted molar refractivity (Wildman–Crippen MR) is 83.4 cm³/mol. The monoisotopic (exact) mass is 326 g/mol. The summed E-state index contributed by atoms with van der Waals surface area (Å²) in [5.41, 5.74) is 0.949. The van der Waals surface area contributed by atoms with Gasteiger partial charge >= 0.3 is 0 Å². The second-order valence-electron chi connectivity index (χ2n) is 4.93. The van der Waals surface area contributed by atoms with Crippen LogP contribution < -0.4 is 4.74 Å². The molecule has 0 saturated carbocycles. The molecule has 0 bridgehead atoms. The van der Waals surface area contributed by atoms with Gasteiger partial charge in [0.1, 0.15) is 5.75 Å². The van der Waals surface area contributed by atoms with Crippen molar-refractivity contribution in [2.75, 3.05) is 11.9 Å². The summed E-state index contributed by atoms with van der Waals surface area (Å²) in [7, 11) is 0. The van der Waals surface area contributed by atoms with Crippen LogP contribution in [0.4, 0.5) is 0 Å². The zero-order valence-electron chi connectivity index (χ0n) is 12.0. The van der Waals surface area contributed by atoms with Crippen LogP contribution in [0.2, 0.25) is 0 Å². The van der Waals surface area contributed by atoms with Gasteiger partial charge in [0, 0.05) is 22.7 Å². The molecular formula is C16H23BrO2. The molecule has 0 unspecified atom stereocenters. The van der Waals surface area contributed by atoms with Gasteiger partial charge in [0.25, 0.3) is 0 Å². The fraction of sp³-hybridized carbons (Fsp3) is 0.562. The van der Waals surface area contributed by atoms with E-state index < -0.39 is 0 Å². The number of ketones is 1. The molecule has 0 aliphatic rings. The molecule has 0 atom stereocenters. The minimum Gasteiger partial charge on any atom is -0.493 e. The number of hydrogen-bond acceptors (Lipinski definition) is 2. The smallest absolute Gasteiger partial charge is 0.162 e. The highest BCUT2D eigenvalue weighted by Crippen LogP contribution is 2.29. The zero-order valence-corrected chi connectivity index (χ0v) is 13.6. The highest BCUT2D eigenvalue weighted by atomic mass is 79.9. The number of hydrogen-bond donors (Lipinski definition) is 0. The van der Waals surface area contributed by atoms with Crippen molar-refractivity contribution in [2.24, 2.45) is 5.41 Å². The fourth-order valence-electron chi connectivity index (χ4n) is 1.86. The second-order valence-corrected chi connectivity index (χ2v) is 5.49. The Hall–Kier alpha value is -0.830. The summed E-state index contributed by atoms with van der Waals surface area (Å²) in [5, 5.41) is 0.944. The number of rotatable bonds is 8.